The maximum Gasteiger partial charge on any atom is 0.261 e. The Morgan fingerprint density at radius 3 is 2.53 bits per heavy atom. The van der Waals surface area contributed by atoms with E-state index >= 15 is 0 Å². The van der Waals surface area contributed by atoms with Crippen molar-refractivity contribution in [2.24, 2.45) is 0 Å². The van der Waals surface area contributed by atoms with E-state index in [2.05, 4.69) is 15.0 Å². The predicted octanol–water partition coefficient (Wildman–Crippen LogP) is 3.45. The van der Waals surface area contributed by atoms with Crippen molar-refractivity contribution < 1.29 is 19.1 Å². The summed E-state index contributed by atoms with van der Waals surface area (Å²) in [4.78, 5) is 45.7. The van der Waals surface area contributed by atoms with Crippen LogP contribution in [0.15, 0.2) is 48.8 Å². The van der Waals surface area contributed by atoms with Crippen LogP contribution in [0.4, 0.5) is 0 Å². The summed E-state index contributed by atoms with van der Waals surface area (Å²) in [6, 6.07) is 10.4. The SMILES string of the molecule is CN(C)CCCCC(=O)c1cccc(OCc2cccnc2-c2ccnn2C(=O)CN(C)C)c1C=O. The van der Waals surface area contributed by atoms with Gasteiger partial charge < -0.3 is 14.5 Å². The molecule has 190 valence electrons. The summed E-state index contributed by atoms with van der Waals surface area (Å²) < 4.78 is 7.34. The van der Waals surface area contributed by atoms with Crippen LogP contribution in [0.2, 0.25) is 0 Å². The van der Waals surface area contributed by atoms with E-state index < -0.39 is 0 Å². The van der Waals surface area contributed by atoms with Crippen LogP contribution in [0.25, 0.3) is 11.4 Å². The van der Waals surface area contributed by atoms with Crippen LogP contribution in [0, 0.1) is 0 Å². The molecule has 1 aromatic carbocycles. The van der Waals surface area contributed by atoms with Crippen LogP contribution in [0.3, 0.4) is 0 Å². The van der Waals surface area contributed by atoms with Crippen LogP contribution in [-0.4, -0.2) is 83.8 Å². The second kappa shape index (κ2) is 12.9. The van der Waals surface area contributed by atoms with Gasteiger partial charge in [0.1, 0.15) is 12.4 Å². The molecule has 0 spiro atoms. The molecule has 9 nitrogen and oxygen atoms in total. The van der Waals surface area contributed by atoms with Crippen molar-refractivity contribution in [3.8, 4) is 17.1 Å². The van der Waals surface area contributed by atoms with Crippen molar-refractivity contribution in [3.63, 3.8) is 0 Å². The van der Waals surface area contributed by atoms with Crippen LogP contribution >= 0.6 is 0 Å². The minimum Gasteiger partial charge on any atom is -0.488 e. The van der Waals surface area contributed by atoms with Crippen LogP contribution in [-0.2, 0) is 6.61 Å². The number of Topliss-reactive ketones (excluding diaryl/α,β-unsaturated/α-hetero) is 1. The van der Waals surface area contributed by atoms with E-state index in [9.17, 15) is 14.4 Å². The van der Waals surface area contributed by atoms with Crippen molar-refractivity contribution in [1.82, 2.24) is 24.6 Å². The Labute approximate surface area is 211 Å². The van der Waals surface area contributed by atoms with E-state index in [1.165, 1.54) is 4.68 Å². The summed E-state index contributed by atoms with van der Waals surface area (Å²) in [7, 11) is 7.62. The Morgan fingerprint density at radius 2 is 1.81 bits per heavy atom. The summed E-state index contributed by atoms with van der Waals surface area (Å²) in [5.74, 6) is 0.0698. The number of ether oxygens (including phenoxy) is 1. The highest BCUT2D eigenvalue weighted by molar-refractivity contribution is 6.04. The highest BCUT2D eigenvalue weighted by atomic mass is 16.5. The maximum atomic E-state index is 12.8. The van der Waals surface area contributed by atoms with Gasteiger partial charge in [0.2, 0.25) is 0 Å². The lowest BCUT2D eigenvalue weighted by atomic mass is 9.99. The summed E-state index contributed by atoms with van der Waals surface area (Å²) in [5.41, 5.74) is 2.44. The summed E-state index contributed by atoms with van der Waals surface area (Å²) in [6.45, 7) is 1.20. The molecule has 0 unspecified atom stereocenters. The third kappa shape index (κ3) is 6.93. The minimum atomic E-state index is -0.183. The first-order valence-corrected chi connectivity index (χ1v) is 11.9. The van der Waals surface area contributed by atoms with Gasteiger partial charge in [0.15, 0.2) is 12.1 Å². The average Bonchev–Trinajstić information content (AvgIpc) is 3.34. The van der Waals surface area contributed by atoms with Gasteiger partial charge in [0.05, 0.1) is 29.7 Å². The zero-order valence-electron chi connectivity index (χ0n) is 21.3. The standard InChI is InChI=1S/C27H33N5O4/c1-30(2)16-6-5-11-24(34)21-10-7-12-25(22(21)18-33)36-19-20-9-8-14-28-27(20)23-13-15-29-32(23)26(35)17-31(3)4/h7-10,12-15,18H,5-6,11,16-17,19H2,1-4H3. The third-order valence-electron chi connectivity index (χ3n) is 5.59. The van der Waals surface area contributed by atoms with Crippen LogP contribution in [0.1, 0.15) is 50.3 Å². The van der Waals surface area contributed by atoms with Gasteiger partial charge in [-0.1, -0.05) is 18.2 Å². The number of aldehydes is 1. The molecule has 0 aliphatic carbocycles. The van der Waals surface area contributed by atoms with Gasteiger partial charge in [-0.2, -0.15) is 9.78 Å². The fourth-order valence-electron chi connectivity index (χ4n) is 3.84. The van der Waals surface area contributed by atoms with Crippen molar-refractivity contribution in [2.45, 2.75) is 25.9 Å². The van der Waals surface area contributed by atoms with Crippen molar-refractivity contribution in [3.05, 3.63) is 65.5 Å². The molecule has 0 radical (unpaired) electrons. The van der Waals surface area contributed by atoms with Gasteiger partial charge in [0, 0.05) is 23.7 Å². The number of aromatic nitrogens is 3. The number of hydrogen-bond acceptors (Lipinski definition) is 8. The van der Waals surface area contributed by atoms with Crippen molar-refractivity contribution in [1.29, 1.82) is 0 Å². The largest absolute Gasteiger partial charge is 0.488 e. The first kappa shape index (κ1) is 26.9. The lowest BCUT2D eigenvalue weighted by Crippen LogP contribution is -2.27. The van der Waals surface area contributed by atoms with Gasteiger partial charge in [-0.25, -0.2) is 0 Å². The Hall–Kier alpha value is -3.69. The summed E-state index contributed by atoms with van der Waals surface area (Å²) in [6.07, 6.45) is 5.89. The van der Waals surface area contributed by atoms with E-state index in [0.29, 0.717) is 41.0 Å². The zero-order chi connectivity index (χ0) is 26.1. The smallest absolute Gasteiger partial charge is 0.261 e. The molecule has 3 rings (SSSR count). The molecule has 3 aromatic rings. The van der Waals surface area contributed by atoms with Gasteiger partial charge in [0.25, 0.3) is 5.91 Å². The number of benzene rings is 1. The van der Waals surface area contributed by atoms with E-state index in [0.717, 1.165) is 19.4 Å². The number of pyridine rings is 1. The number of likely N-dealkylation sites (N-methyl/N-ethyl adjacent to an activating group) is 1. The van der Waals surface area contributed by atoms with Crippen LogP contribution < -0.4 is 4.74 Å². The Kier molecular flexibility index (Phi) is 9.61. The molecule has 36 heavy (non-hydrogen) atoms. The van der Waals surface area contributed by atoms with E-state index in [1.807, 2.05) is 34.3 Å². The number of unbranched alkanes of at least 4 members (excludes halogenated alkanes) is 1. The molecular formula is C27H33N5O4. The highest BCUT2D eigenvalue weighted by Gasteiger charge is 2.19. The molecule has 9 heteroatoms. The molecule has 0 saturated heterocycles. The van der Waals surface area contributed by atoms with Gasteiger partial charge >= 0.3 is 0 Å². The predicted molar refractivity (Wildman–Crippen MR) is 138 cm³/mol. The number of carbonyl (C=O) groups is 3. The average molecular weight is 492 g/mol. The molecule has 0 amide bonds. The molecule has 0 fully saturated rings. The van der Waals surface area contributed by atoms with Crippen molar-refractivity contribution in [2.75, 3.05) is 41.3 Å². The molecule has 2 aromatic heterocycles. The fraction of sp³-hybridized carbons (Fsp3) is 0.370. The first-order chi connectivity index (χ1) is 17.3. The first-order valence-electron chi connectivity index (χ1n) is 11.9. The number of carbonyl (C=O) groups excluding carboxylic acids is 3. The maximum absolute atomic E-state index is 12.8. The Bertz CT molecular complexity index is 1200. The second-order valence-electron chi connectivity index (χ2n) is 9.08. The number of nitrogens with zero attached hydrogens (tertiary/aromatic N) is 5. The summed E-state index contributed by atoms with van der Waals surface area (Å²) in [5, 5.41) is 4.18. The minimum absolute atomic E-state index is 0.0771. The topological polar surface area (TPSA) is 97.6 Å². The highest BCUT2D eigenvalue weighted by Crippen LogP contribution is 2.26. The molecule has 0 aliphatic rings. The molecule has 0 N–H and O–H groups in total. The molecule has 0 atom stereocenters. The monoisotopic (exact) mass is 491 g/mol. The van der Waals surface area contributed by atoms with E-state index in [4.69, 9.17) is 4.74 Å². The van der Waals surface area contributed by atoms with Crippen molar-refractivity contribution >= 4 is 18.0 Å². The molecule has 0 saturated carbocycles. The van der Waals surface area contributed by atoms with E-state index in [1.54, 1.807) is 47.6 Å². The number of rotatable bonds is 13. The lowest BCUT2D eigenvalue weighted by molar-refractivity contribution is 0.0861. The second-order valence-corrected chi connectivity index (χ2v) is 9.08. The fourth-order valence-corrected chi connectivity index (χ4v) is 3.84. The van der Waals surface area contributed by atoms with Gasteiger partial charge in [-0.15, -0.1) is 0 Å². The van der Waals surface area contributed by atoms with Gasteiger partial charge in [-0.05, 0) is 65.8 Å². The molecular weight excluding hydrogens is 458 g/mol. The Morgan fingerprint density at radius 1 is 1.00 bits per heavy atom. The number of ketones is 1. The Balaban J connectivity index is 1.79. The molecule has 0 aliphatic heterocycles. The van der Waals surface area contributed by atoms with Gasteiger partial charge in [-0.3, -0.25) is 19.4 Å². The molecule has 2 heterocycles. The summed E-state index contributed by atoms with van der Waals surface area (Å²) >= 11 is 0. The lowest BCUT2D eigenvalue weighted by Gasteiger charge is -2.15. The van der Waals surface area contributed by atoms with E-state index in [-0.39, 0.29) is 30.4 Å². The number of hydrogen-bond donors (Lipinski definition) is 0. The van der Waals surface area contributed by atoms with Crippen LogP contribution in [0.5, 0.6) is 5.75 Å². The normalized spacial score (nSPS) is 11.2. The zero-order valence-corrected chi connectivity index (χ0v) is 21.3. The third-order valence-corrected chi connectivity index (χ3v) is 5.59. The molecule has 0 bridgehead atoms. The quantitative estimate of drug-likeness (QED) is 0.204.